The van der Waals surface area contributed by atoms with Crippen molar-refractivity contribution in [2.24, 2.45) is 0 Å². The maximum Gasteiger partial charge on any atom is 0.220 e. The molecule has 2 heterocycles. The van der Waals surface area contributed by atoms with Crippen molar-refractivity contribution >= 4 is 63.9 Å². The quantitative estimate of drug-likeness (QED) is 0.101. The van der Waals surface area contributed by atoms with Crippen LogP contribution in [0.2, 0.25) is 0 Å². The molecule has 0 radical (unpaired) electrons. The van der Waals surface area contributed by atoms with Gasteiger partial charge >= 0.3 is 0 Å². The van der Waals surface area contributed by atoms with Crippen LogP contribution < -0.4 is 10.6 Å². The Morgan fingerprint density at radius 1 is 0.333 bits per heavy atom. The van der Waals surface area contributed by atoms with Crippen LogP contribution in [-0.2, 0) is 52.7 Å². The van der Waals surface area contributed by atoms with Gasteiger partial charge in [-0.3, -0.25) is 91.9 Å². The summed E-state index contributed by atoms with van der Waals surface area (Å²) in [5.74, 6) is -1.36. The van der Waals surface area contributed by atoms with E-state index in [1.807, 2.05) is 39.2 Å². The zero-order chi connectivity index (χ0) is 53.9. The van der Waals surface area contributed by atoms with Crippen LogP contribution in [0.25, 0.3) is 0 Å². The maximum absolute atomic E-state index is 13.4. The van der Waals surface area contributed by atoms with Gasteiger partial charge in [-0.05, 0) is 81.6 Å². The summed E-state index contributed by atoms with van der Waals surface area (Å²) in [6, 6.07) is -2.19. The molecule has 0 bridgehead atoms. The van der Waals surface area contributed by atoms with Crippen LogP contribution in [0.5, 0.6) is 0 Å². The first-order chi connectivity index (χ1) is 33.9. The van der Waals surface area contributed by atoms with Crippen molar-refractivity contribution in [2.75, 3.05) is 151 Å². The lowest BCUT2D eigenvalue weighted by Gasteiger charge is -2.36. The molecule has 0 aromatic rings. The molecule has 2 aliphatic rings. The van der Waals surface area contributed by atoms with Gasteiger partial charge in [0.2, 0.25) is 11.8 Å². The molecule has 2 fully saturated rings. The van der Waals surface area contributed by atoms with E-state index in [0.29, 0.717) is 105 Å². The first-order valence-electron chi connectivity index (χ1n) is 25.8. The van der Waals surface area contributed by atoms with Gasteiger partial charge < -0.3 is 10.6 Å². The van der Waals surface area contributed by atoms with Crippen molar-refractivity contribution in [1.29, 1.82) is 0 Å². The third-order valence-corrected chi connectivity index (χ3v) is 13.1. The largest absolute Gasteiger partial charge is 0.356 e. The highest BCUT2D eigenvalue weighted by Crippen LogP contribution is 2.14. The van der Waals surface area contributed by atoms with Gasteiger partial charge in [-0.15, -0.1) is 0 Å². The minimum absolute atomic E-state index is 0.00639. The smallest absolute Gasteiger partial charge is 0.220 e. The minimum Gasteiger partial charge on any atom is -0.356 e. The third kappa shape index (κ3) is 27.6. The fraction of sp³-hybridized carbons (Fsp3) is 0.784. The molecule has 3 atom stereocenters. The fourth-order valence-electron chi connectivity index (χ4n) is 9.48. The summed E-state index contributed by atoms with van der Waals surface area (Å²) in [6.07, 6.45) is 0.419. The second-order valence-corrected chi connectivity index (χ2v) is 20.1. The number of amides is 2. The third-order valence-electron chi connectivity index (χ3n) is 13.1. The standard InChI is InChI=1S/C51H88N10O11/c1-38(62)32-54-16-20-56(34-40(3)64)24-28-60(29-25-57(21-17-54)35-41(4)65)48(45(8)69)10-12-50(71)52-15-14-47(44(7)68)53-51(72)13-11-49(46(9)70)61-30-26-58(36-42(5)66)22-18-55(33-39(2)63)19-23-59(27-31-61)37-43(6)67/h47-49H,10-37H2,1-9H3,(H,52,71)(H,53,72)/t47-,48?,49?/m0/s1. The second kappa shape index (κ2) is 34.2. The highest BCUT2D eigenvalue weighted by Gasteiger charge is 2.29. The van der Waals surface area contributed by atoms with Crippen LogP contribution >= 0.6 is 0 Å². The van der Waals surface area contributed by atoms with Gasteiger partial charge in [-0.1, -0.05) is 0 Å². The Balaban J connectivity index is 2.11. The Labute approximate surface area is 428 Å². The molecule has 408 valence electrons. The number of carbonyl (C=O) groups is 11. The molecule has 21 heteroatoms. The number of hydrogen-bond donors (Lipinski definition) is 2. The van der Waals surface area contributed by atoms with Gasteiger partial charge in [0.25, 0.3) is 0 Å². The highest BCUT2D eigenvalue weighted by molar-refractivity contribution is 5.88. The summed E-state index contributed by atoms with van der Waals surface area (Å²) in [4.78, 5) is 155. The first-order valence-corrected chi connectivity index (χ1v) is 25.8. The molecule has 0 spiro atoms. The molecule has 0 aromatic carbocycles. The SMILES string of the molecule is CC(=O)CN1CCN(CC(C)=O)CCN(C(CCC(=O)NCC[C@H](NC(=O)CCC(C(C)=O)N2CCN(CC(C)=O)CCN(CC(C)=O)CCN(CC(C)=O)CC2)C(C)=O)C(C)=O)CCN(CC(C)=O)CC1. The number of nitrogens with zero attached hydrogens (tertiary/aromatic N) is 8. The second-order valence-electron chi connectivity index (χ2n) is 20.1. The van der Waals surface area contributed by atoms with Gasteiger partial charge in [0.1, 0.15) is 46.3 Å². The van der Waals surface area contributed by atoms with E-state index in [1.54, 1.807) is 0 Å². The van der Waals surface area contributed by atoms with Crippen LogP contribution in [0.3, 0.4) is 0 Å². The van der Waals surface area contributed by atoms with Crippen molar-refractivity contribution in [3.8, 4) is 0 Å². The van der Waals surface area contributed by atoms with E-state index >= 15 is 0 Å². The minimum atomic E-state index is -0.907. The molecule has 2 amide bonds. The van der Waals surface area contributed by atoms with Crippen LogP contribution in [0.15, 0.2) is 0 Å². The molecule has 0 aliphatic carbocycles. The molecule has 72 heavy (non-hydrogen) atoms. The number of nitrogens with one attached hydrogen (secondary N) is 2. The molecule has 2 N–H and O–H groups in total. The lowest BCUT2D eigenvalue weighted by Crippen LogP contribution is -2.51. The molecule has 0 aromatic heterocycles. The van der Waals surface area contributed by atoms with Crippen LogP contribution in [0.4, 0.5) is 0 Å². The van der Waals surface area contributed by atoms with Crippen LogP contribution in [0.1, 0.15) is 94.4 Å². The zero-order valence-electron chi connectivity index (χ0n) is 45.1. The van der Waals surface area contributed by atoms with Crippen molar-refractivity contribution in [3.63, 3.8) is 0 Å². The fourth-order valence-corrected chi connectivity index (χ4v) is 9.48. The van der Waals surface area contributed by atoms with E-state index in [2.05, 4.69) is 10.6 Å². The summed E-state index contributed by atoms with van der Waals surface area (Å²) in [6.45, 7) is 22.6. The van der Waals surface area contributed by atoms with Crippen LogP contribution in [0, 0.1) is 0 Å². The van der Waals surface area contributed by atoms with E-state index in [1.165, 1.54) is 62.3 Å². The van der Waals surface area contributed by atoms with Gasteiger partial charge in [-0.25, -0.2) is 0 Å². The first kappa shape index (κ1) is 63.8. The van der Waals surface area contributed by atoms with E-state index in [9.17, 15) is 52.7 Å². The molecule has 2 aliphatic heterocycles. The zero-order valence-corrected chi connectivity index (χ0v) is 45.1. The average molecular weight is 1020 g/mol. The van der Waals surface area contributed by atoms with E-state index in [-0.39, 0.29) is 136 Å². The molecular formula is C51H88N10O11. The monoisotopic (exact) mass is 1020 g/mol. The molecule has 0 saturated carbocycles. The Bertz CT molecular complexity index is 1780. The molecular weight excluding hydrogens is 929 g/mol. The van der Waals surface area contributed by atoms with E-state index in [4.69, 9.17) is 0 Å². The van der Waals surface area contributed by atoms with Crippen molar-refractivity contribution in [2.45, 2.75) is 113 Å². The van der Waals surface area contributed by atoms with Crippen LogP contribution in [-0.4, -0.2) is 272 Å². The lowest BCUT2D eigenvalue weighted by atomic mass is 10.0. The number of Topliss-reactive ketones (excluding diaryl/α,β-unsaturated/α-hetero) is 9. The van der Waals surface area contributed by atoms with Crippen molar-refractivity contribution < 1.29 is 52.7 Å². The lowest BCUT2D eigenvalue weighted by molar-refractivity contribution is -0.128. The summed E-state index contributed by atoms with van der Waals surface area (Å²) in [5, 5.41) is 5.62. The number of rotatable bonds is 27. The summed E-state index contributed by atoms with van der Waals surface area (Å²) >= 11 is 0. The summed E-state index contributed by atoms with van der Waals surface area (Å²) in [5.41, 5.74) is 0. The Kier molecular flexibility index (Phi) is 30.3. The van der Waals surface area contributed by atoms with Crippen molar-refractivity contribution in [1.82, 2.24) is 49.8 Å². The maximum atomic E-state index is 13.4. The van der Waals surface area contributed by atoms with Crippen molar-refractivity contribution in [3.05, 3.63) is 0 Å². The van der Waals surface area contributed by atoms with Gasteiger partial charge in [-0.2, -0.15) is 0 Å². The van der Waals surface area contributed by atoms with E-state index in [0.717, 1.165) is 0 Å². The van der Waals surface area contributed by atoms with Gasteiger partial charge in [0, 0.05) is 124 Å². The average Bonchev–Trinajstić information content (AvgIpc) is 3.25. The molecule has 2 saturated heterocycles. The Hall–Kier alpha value is -4.35. The topological polar surface area (TPSA) is 238 Å². The Morgan fingerprint density at radius 2 is 0.583 bits per heavy atom. The predicted molar refractivity (Wildman–Crippen MR) is 274 cm³/mol. The molecule has 2 rings (SSSR count). The van der Waals surface area contributed by atoms with Gasteiger partial charge in [0.05, 0.1) is 57.4 Å². The number of hydrogen-bond acceptors (Lipinski definition) is 19. The normalized spacial score (nSPS) is 19.2. The summed E-state index contributed by atoms with van der Waals surface area (Å²) in [7, 11) is 0. The molecule has 21 nitrogen and oxygen atoms in total. The number of ketones is 9. The van der Waals surface area contributed by atoms with Gasteiger partial charge in [0.15, 0.2) is 5.78 Å². The molecule has 2 unspecified atom stereocenters. The summed E-state index contributed by atoms with van der Waals surface area (Å²) < 4.78 is 0. The number of carbonyl (C=O) groups excluding carboxylic acids is 11. The predicted octanol–water partition coefficient (Wildman–Crippen LogP) is -0.981. The Morgan fingerprint density at radius 3 is 0.819 bits per heavy atom. The highest BCUT2D eigenvalue weighted by atomic mass is 16.2. The van der Waals surface area contributed by atoms with E-state index < -0.39 is 24.0 Å².